The molecular formula is C21H26N4O4. The molecule has 0 aliphatic heterocycles. The summed E-state index contributed by atoms with van der Waals surface area (Å²) in [6.45, 7) is 3.80. The minimum absolute atomic E-state index is 0.0224. The number of nitrogens with zero attached hydrogens (tertiary/aromatic N) is 3. The number of esters is 1. The van der Waals surface area contributed by atoms with Gasteiger partial charge in [0, 0.05) is 36.5 Å². The third-order valence-electron chi connectivity index (χ3n) is 4.63. The number of para-hydroxylation sites is 1. The van der Waals surface area contributed by atoms with Crippen LogP contribution < -0.4 is 0 Å². The lowest BCUT2D eigenvalue weighted by Gasteiger charge is -2.29. The monoisotopic (exact) mass is 398 g/mol. The molecular weight excluding hydrogens is 372 g/mol. The number of hydrogen-bond donors (Lipinski definition) is 2. The molecule has 1 unspecified atom stereocenters. The first-order valence-electron chi connectivity index (χ1n) is 9.44. The van der Waals surface area contributed by atoms with Gasteiger partial charge in [0.25, 0.3) is 5.91 Å². The van der Waals surface area contributed by atoms with E-state index >= 15 is 0 Å². The van der Waals surface area contributed by atoms with Crippen molar-refractivity contribution in [2.45, 2.75) is 39.2 Å². The highest BCUT2D eigenvalue weighted by molar-refractivity contribution is 6.39. The number of methoxy groups -OCH3 is 1. The fourth-order valence-corrected chi connectivity index (χ4v) is 3.26. The normalized spacial score (nSPS) is 12.6. The van der Waals surface area contributed by atoms with E-state index in [0.29, 0.717) is 0 Å². The maximum absolute atomic E-state index is 13.1. The van der Waals surface area contributed by atoms with Gasteiger partial charge in [0.15, 0.2) is 0 Å². The van der Waals surface area contributed by atoms with E-state index < -0.39 is 17.9 Å². The second-order valence-electron chi connectivity index (χ2n) is 7.15. The Kier molecular flexibility index (Phi) is 7.78. The number of aromatic nitrogens is 1. The number of benzene rings is 1. The van der Waals surface area contributed by atoms with Crippen LogP contribution in [0.3, 0.4) is 0 Å². The molecule has 0 saturated carbocycles. The molecule has 29 heavy (non-hydrogen) atoms. The van der Waals surface area contributed by atoms with Gasteiger partial charge in [-0.2, -0.15) is 5.26 Å². The Morgan fingerprint density at radius 1 is 1.34 bits per heavy atom. The van der Waals surface area contributed by atoms with Crippen molar-refractivity contribution in [2.24, 2.45) is 11.1 Å². The van der Waals surface area contributed by atoms with Crippen LogP contribution in [0.4, 0.5) is 0 Å². The average molecular weight is 398 g/mol. The summed E-state index contributed by atoms with van der Waals surface area (Å²) in [5.74, 6) is -1.09. The fraction of sp³-hybridized carbons (Fsp3) is 0.429. The van der Waals surface area contributed by atoms with Crippen LogP contribution in [-0.4, -0.2) is 52.4 Å². The first kappa shape index (κ1) is 22.0. The summed E-state index contributed by atoms with van der Waals surface area (Å²) >= 11 is 0. The second kappa shape index (κ2) is 10.3. The van der Waals surface area contributed by atoms with Crippen LogP contribution in [0.2, 0.25) is 0 Å². The molecule has 1 heterocycles. The molecule has 1 amide bonds. The number of carbonyl (C=O) groups is 2. The van der Waals surface area contributed by atoms with Crippen molar-refractivity contribution in [3.63, 3.8) is 0 Å². The van der Waals surface area contributed by atoms with E-state index in [1.807, 2.05) is 44.2 Å². The smallest absolute Gasteiger partial charge is 0.328 e. The third kappa shape index (κ3) is 5.35. The van der Waals surface area contributed by atoms with Gasteiger partial charge in [0.05, 0.1) is 19.6 Å². The van der Waals surface area contributed by atoms with Gasteiger partial charge in [0.2, 0.25) is 0 Å². The van der Waals surface area contributed by atoms with Crippen molar-refractivity contribution in [1.82, 2.24) is 9.88 Å². The molecule has 0 fully saturated rings. The molecule has 2 aromatic rings. The molecule has 0 radical (unpaired) electrons. The number of carbonyl (C=O) groups excluding carboxylic acids is 2. The standard InChI is InChI=1S/C21H26N4O4/c1-14(2)11-18(24-28)20(26)25(10-6-9-22)19(21(27)29-3)12-15-13-23-17-8-5-4-7-16(15)17/h4-5,7-8,13-14,19,23,28H,6,10-12H2,1-3H3. The lowest BCUT2D eigenvalue weighted by Crippen LogP contribution is -2.50. The maximum Gasteiger partial charge on any atom is 0.328 e. The highest BCUT2D eigenvalue weighted by Crippen LogP contribution is 2.22. The molecule has 0 spiro atoms. The van der Waals surface area contributed by atoms with E-state index in [0.717, 1.165) is 16.5 Å². The number of ether oxygens (including phenoxy) is 1. The molecule has 1 aromatic heterocycles. The van der Waals surface area contributed by atoms with E-state index in [9.17, 15) is 14.8 Å². The Hall–Kier alpha value is -3.34. The highest BCUT2D eigenvalue weighted by Gasteiger charge is 2.34. The highest BCUT2D eigenvalue weighted by atomic mass is 16.5. The average Bonchev–Trinajstić information content (AvgIpc) is 3.13. The number of hydrogen-bond acceptors (Lipinski definition) is 6. The van der Waals surface area contributed by atoms with Crippen LogP contribution in [0.1, 0.15) is 32.3 Å². The van der Waals surface area contributed by atoms with Gasteiger partial charge in [-0.1, -0.05) is 37.2 Å². The summed E-state index contributed by atoms with van der Waals surface area (Å²) in [5, 5.41) is 22.5. The van der Waals surface area contributed by atoms with Crippen molar-refractivity contribution in [2.75, 3.05) is 13.7 Å². The Labute approximate surface area is 169 Å². The molecule has 1 aromatic carbocycles. The summed E-state index contributed by atoms with van der Waals surface area (Å²) < 4.78 is 4.95. The van der Waals surface area contributed by atoms with Crippen LogP contribution >= 0.6 is 0 Å². The predicted molar refractivity (Wildman–Crippen MR) is 108 cm³/mol. The maximum atomic E-state index is 13.1. The molecule has 8 nitrogen and oxygen atoms in total. The SMILES string of the molecule is COC(=O)C(Cc1c[nH]c2ccccc12)N(CCC#N)C(=O)C(CC(C)C)=NO. The number of rotatable bonds is 9. The van der Waals surface area contributed by atoms with E-state index in [1.54, 1.807) is 6.20 Å². The fourth-order valence-electron chi connectivity index (χ4n) is 3.26. The van der Waals surface area contributed by atoms with Gasteiger partial charge in [-0.15, -0.1) is 0 Å². The molecule has 2 rings (SSSR count). The second-order valence-corrected chi connectivity index (χ2v) is 7.15. The first-order valence-corrected chi connectivity index (χ1v) is 9.44. The quantitative estimate of drug-likeness (QED) is 0.291. The van der Waals surface area contributed by atoms with Crippen LogP contribution in [0.5, 0.6) is 0 Å². The van der Waals surface area contributed by atoms with Gasteiger partial charge in [-0.25, -0.2) is 4.79 Å². The molecule has 154 valence electrons. The number of fused-ring (bicyclic) bond motifs is 1. The first-order chi connectivity index (χ1) is 13.9. The molecule has 0 aliphatic carbocycles. The van der Waals surface area contributed by atoms with Crippen LogP contribution in [0.25, 0.3) is 10.9 Å². The molecule has 1 atom stereocenters. The number of nitrogens with one attached hydrogen (secondary N) is 1. The van der Waals surface area contributed by atoms with Gasteiger partial charge in [-0.3, -0.25) is 4.79 Å². The minimum Gasteiger partial charge on any atom is -0.467 e. The number of oxime groups is 1. The van der Waals surface area contributed by atoms with Crippen molar-refractivity contribution in [1.29, 1.82) is 5.26 Å². The van der Waals surface area contributed by atoms with Crippen LogP contribution in [0, 0.1) is 17.2 Å². The number of H-pyrrole nitrogens is 1. The minimum atomic E-state index is -0.955. The number of amides is 1. The Morgan fingerprint density at radius 3 is 2.69 bits per heavy atom. The van der Waals surface area contributed by atoms with Crippen molar-refractivity contribution in [3.8, 4) is 6.07 Å². The van der Waals surface area contributed by atoms with Crippen LogP contribution in [-0.2, 0) is 20.7 Å². The van der Waals surface area contributed by atoms with Gasteiger partial charge in [0.1, 0.15) is 11.8 Å². The van der Waals surface area contributed by atoms with Gasteiger partial charge < -0.3 is 19.8 Å². The van der Waals surface area contributed by atoms with Crippen molar-refractivity contribution in [3.05, 3.63) is 36.0 Å². The molecule has 2 N–H and O–H groups in total. The van der Waals surface area contributed by atoms with Crippen molar-refractivity contribution < 1.29 is 19.5 Å². The largest absolute Gasteiger partial charge is 0.467 e. The Bertz CT molecular complexity index is 926. The van der Waals surface area contributed by atoms with Crippen LogP contribution in [0.15, 0.2) is 35.6 Å². The Morgan fingerprint density at radius 2 is 2.07 bits per heavy atom. The summed E-state index contributed by atoms with van der Waals surface area (Å²) in [6.07, 6.45) is 2.28. The Balaban J connectivity index is 2.42. The lowest BCUT2D eigenvalue weighted by molar-refractivity contribution is -0.150. The number of aromatic amines is 1. The van der Waals surface area contributed by atoms with E-state index in [2.05, 4.69) is 10.1 Å². The zero-order chi connectivity index (χ0) is 21.4. The predicted octanol–water partition coefficient (Wildman–Crippen LogP) is 2.87. The topological polar surface area (TPSA) is 119 Å². The lowest BCUT2D eigenvalue weighted by atomic mass is 10.0. The van der Waals surface area contributed by atoms with Gasteiger partial charge >= 0.3 is 5.97 Å². The summed E-state index contributed by atoms with van der Waals surface area (Å²) in [4.78, 5) is 30.1. The zero-order valence-corrected chi connectivity index (χ0v) is 16.9. The third-order valence-corrected chi connectivity index (χ3v) is 4.63. The summed E-state index contributed by atoms with van der Waals surface area (Å²) in [7, 11) is 1.26. The number of nitriles is 1. The summed E-state index contributed by atoms with van der Waals surface area (Å²) in [5.41, 5.74) is 1.71. The summed E-state index contributed by atoms with van der Waals surface area (Å²) in [6, 6.07) is 8.68. The molecule has 0 aliphatic rings. The molecule has 0 saturated heterocycles. The van der Waals surface area contributed by atoms with E-state index in [4.69, 9.17) is 10.00 Å². The molecule has 8 heteroatoms. The van der Waals surface area contributed by atoms with E-state index in [1.165, 1.54) is 12.0 Å². The van der Waals surface area contributed by atoms with E-state index in [-0.39, 0.29) is 37.4 Å². The van der Waals surface area contributed by atoms with Gasteiger partial charge in [-0.05, 0) is 17.5 Å². The molecule has 0 bridgehead atoms. The van der Waals surface area contributed by atoms with Crippen molar-refractivity contribution >= 4 is 28.5 Å². The zero-order valence-electron chi connectivity index (χ0n) is 16.9.